The summed E-state index contributed by atoms with van der Waals surface area (Å²) in [5, 5.41) is 0. The van der Waals surface area contributed by atoms with Crippen LogP contribution in [0.2, 0.25) is 0 Å². The lowest BCUT2D eigenvalue weighted by atomic mass is 9.94. The second-order valence-electron chi connectivity index (χ2n) is 4.88. The third-order valence-corrected chi connectivity index (χ3v) is 3.48. The highest BCUT2D eigenvalue weighted by molar-refractivity contribution is 5.54. The van der Waals surface area contributed by atoms with Crippen molar-refractivity contribution in [3.63, 3.8) is 0 Å². The zero-order chi connectivity index (χ0) is 15.0. The predicted molar refractivity (Wildman–Crippen MR) is 68.1 cm³/mol. The molecule has 0 amide bonds. The molecule has 0 aliphatic heterocycles. The number of isocyanates is 1. The van der Waals surface area contributed by atoms with Gasteiger partial charge in [-0.1, -0.05) is 0 Å². The first kappa shape index (κ1) is 14.5. The zero-order valence-corrected chi connectivity index (χ0v) is 11.5. The van der Waals surface area contributed by atoms with Crippen molar-refractivity contribution in [1.82, 2.24) is 0 Å². The van der Waals surface area contributed by atoms with Crippen LogP contribution in [0.1, 0.15) is 30.9 Å². The van der Waals surface area contributed by atoms with Crippen LogP contribution >= 0.6 is 0 Å². The molecule has 1 aromatic rings. The summed E-state index contributed by atoms with van der Waals surface area (Å²) in [5.74, 6) is -2.51. The number of nitrogens with zero attached hydrogens (tertiary/aromatic N) is 1. The quantitative estimate of drug-likeness (QED) is 0.616. The van der Waals surface area contributed by atoms with Gasteiger partial charge in [0.1, 0.15) is 0 Å². The van der Waals surface area contributed by atoms with Gasteiger partial charge in [-0.05, 0) is 30.5 Å². The molecule has 0 saturated heterocycles. The van der Waals surface area contributed by atoms with Crippen LogP contribution < -0.4 is 9.47 Å². The average Bonchev–Trinajstić information content (AvgIpc) is 3.17. The smallest absolute Gasteiger partial charge is 0.271 e. The number of aliphatic imine (C=N–C) groups is 1. The van der Waals surface area contributed by atoms with Crippen LogP contribution in [-0.4, -0.2) is 20.3 Å². The molecule has 0 heterocycles. The standard InChI is InChI=1S/C14H15F2NO3/c1-13(15,16)9-6-11(19-2)12(20-3)7-10(9)14(4-5-14)17-8-18/h6-7H,4-5H2,1-3H3. The highest BCUT2D eigenvalue weighted by Crippen LogP contribution is 2.54. The van der Waals surface area contributed by atoms with Crippen molar-refractivity contribution in [2.75, 3.05) is 14.2 Å². The number of alkyl halides is 2. The molecule has 1 saturated carbocycles. The SMILES string of the molecule is COc1cc(C(C)(F)F)c(C2(N=C=O)CC2)cc1OC. The highest BCUT2D eigenvalue weighted by Gasteiger charge is 2.49. The highest BCUT2D eigenvalue weighted by atomic mass is 19.3. The third-order valence-electron chi connectivity index (χ3n) is 3.48. The number of halogens is 2. The van der Waals surface area contributed by atoms with E-state index in [2.05, 4.69) is 4.99 Å². The van der Waals surface area contributed by atoms with Gasteiger partial charge in [0.2, 0.25) is 6.08 Å². The van der Waals surface area contributed by atoms with Crippen molar-refractivity contribution in [2.24, 2.45) is 4.99 Å². The number of rotatable bonds is 5. The maximum Gasteiger partial charge on any atom is 0.271 e. The second-order valence-corrected chi connectivity index (χ2v) is 4.88. The van der Waals surface area contributed by atoms with E-state index < -0.39 is 11.5 Å². The Morgan fingerprint density at radius 1 is 1.25 bits per heavy atom. The first-order chi connectivity index (χ1) is 9.38. The number of hydrogen-bond donors (Lipinski definition) is 0. The van der Waals surface area contributed by atoms with Gasteiger partial charge in [-0.2, -0.15) is 4.99 Å². The van der Waals surface area contributed by atoms with E-state index in [-0.39, 0.29) is 11.3 Å². The van der Waals surface area contributed by atoms with E-state index in [1.54, 1.807) is 0 Å². The molecule has 1 fully saturated rings. The van der Waals surface area contributed by atoms with Crippen LogP contribution in [0.25, 0.3) is 0 Å². The molecular formula is C14H15F2NO3. The Hall–Kier alpha value is -1.94. The molecule has 2 rings (SSSR count). The van der Waals surface area contributed by atoms with E-state index in [0.29, 0.717) is 24.2 Å². The number of ether oxygens (including phenoxy) is 2. The van der Waals surface area contributed by atoms with E-state index in [9.17, 15) is 13.6 Å². The molecule has 1 aliphatic rings. The summed E-state index contributed by atoms with van der Waals surface area (Å²) in [6.45, 7) is 0.804. The van der Waals surface area contributed by atoms with Crippen molar-refractivity contribution >= 4 is 6.08 Å². The van der Waals surface area contributed by atoms with Gasteiger partial charge < -0.3 is 9.47 Å². The molecule has 4 nitrogen and oxygen atoms in total. The monoisotopic (exact) mass is 283 g/mol. The first-order valence-electron chi connectivity index (χ1n) is 6.12. The Kier molecular flexibility index (Phi) is 3.52. The van der Waals surface area contributed by atoms with Crippen LogP contribution in [0.15, 0.2) is 17.1 Å². The molecule has 0 N–H and O–H groups in total. The van der Waals surface area contributed by atoms with E-state index in [4.69, 9.17) is 9.47 Å². The minimum absolute atomic E-state index is 0.202. The zero-order valence-electron chi connectivity index (χ0n) is 11.5. The maximum atomic E-state index is 13.8. The fourth-order valence-electron chi connectivity index (χ4n) is 2.27. The number of benzene rings is 1. The molecule has 20 heavy (non-hydrogen) atoms. The molecule has 0 bridgehead atoms. The normalized spacial score (nSPS) is 16.2. The minimum Gasteiger partial charge on any atom is -0.493 e. The van der Waals surface area contributed by atoms with Gasteiger partial charge >= 0.3 is 0 Å². The van der Waals surface area contributed by atoms with E-state index in [1.807, 2.05) is 0 Å². The summed E-state index contributed by atoms with van der Waals surface area (Å²) in [7, 11) is 2.81. The van der Waals surface area contributed by atoms with Crippen molar-refractivity contribution in [3.05, 3.63) is 23.3 Å². The van der Waals surface area contributed by atoms with Gasteiger partial charge in [0, 0.05) is 12.5 Å². The first-order valence-corrected chi connectivity index (χ1v) is 6.12. The number of methoxy groups -OCH3 is 2. The van der Waals surface area contributed by atoms with Gasteiger partial charge in [0.25, 0.3) is 5.92 Å². The Morgan fingerprint density at radius 2 is 1.80 bits per heavy atom. The molecule has 6 heteroatoms. The molecule has 1 aliphatic carbocycles. The average molecular weight is 283 g/mol. The summed E-state index contributed by atoms with van der Waals surface area (Å²) in [5.41, 5.74) is -0.798. The topological polar surface area (TPSA) is 47.9 Å². The molecule has 0 unspecified atom stereocenters. The maximum absolute atomic E-state index is 13.8. The third kappa shape index (κ3) is 2.39. The van der Waals surface area contributed by atoms with Crippen LogP contribution in [-0.2, 0) is 16.3 Å². The lowest BCUT2D eigenvalue weighted by Crippen LogP contribution is -2.16. The summed E-state index contributed by atoms with van der Waals surface area (Å²) in [4.78, 5) is 14.2. The largest absolute Gasteiger partial charge is 0.493 e. The van der Waals surface area contributed by atoms with E-state index in [1.165, 1.54) is 32.4 Å². The number of carbonyl (C=O) groups excluding carboxylic acids is 1. The summed E-state index contributed by atoms with van der Waals surface area (Å²) in [6, 6.07) is 2.72. The Balaban J connectivity index is 2.68. The fraction of sp³-hybridized carbons (Fsp3) is 0.500. The van der Waals surface area contributed by atoms with E-state index in [0.717, 1.165) is 6.92 Å². The second kappa shape index (κ2) is 4.87. The van der Waals surface area contributed by atoms with Gasteiger partial charge in [0.15, 0.2) is 11.5 Å². The Labute approximate surface area is 115 Å². The van der Waals surface area contributed by atoms with Crippen LogP contribution in [0, 0.1) is 0 Å². The Bertz CT molecular complexity index is 571. The van der Waals surface area contributed by atoms with Crippen LogP contribution in [0.4, 0.5) is 8.78 Å². The lowest BCUT2D eigenvalue weighted by molar-refractivity contribution is 0.0157. The van der Waals surface area contributed by atoms with Gasteiger partial charge in [0.05, 0.1) is 19.8 Å². The molecule has 0 radical (unpaired) electrons. The van der Waals surface area contributed by atoms with Crippen molar-refractivity contribution in [3.8, 4) is 11.5 Å². The van der Waals surface area contributed by atoms with Crippen molar-refractivity contribution < 1.29 is 23.0 Å². The van der Waals surface area contributed by atoms with Gasteiger partial charge in [-0.25, -0.2) is 13.6 Å². The van der Waals surface area contributed by atoms with Crippen LogP contribution in [0.3, 0.4) is 0 Å². The lowest BCUT2D eigenvalue weighted by Gasteiger charge is -2.21. The fourth-order valence-corrected chi connectivity index (χ4v) is 2.27. The molecule has 108 valence electrons. The number of hydrogen-bond acceptors (Lipinski definition) is 4. The van der Waals surface area contributed by atoms with Crippen LogP contribution in [0.5, 0.6) is 11.5 Å². The molecule has 0 atom stereocenters. The van der Waals surface area contributed by atoms with Gasteiger partial charge in [-0.15, -0.1) is 0 Å². The summed E-state index contributed by atoms with van der Waals surface area (Å²) >= 11 is 0. The predicted octanol–water partition coefficient (Wildman–Crippen LogP) is 3.14. The minimum atomic E-state index is -3.07. The van der Waals surface area contributed by atoms with Crippen molar-refractivity contribution in [1.29, 1.82) is 0 Å². The molecular weight excluding hydrogens is 268 g/mol. The van der Waals surface area contributed by atoms with E-state index >= 15 is 0 Å². The molecule has 0 spiro atoms. The van der Waals surface area contributed by atoms with Crippen molar-refractivity contribution in [2.45, 2.75) is 31.2 Å². The van der Waals surface area contributed by atoms with Gasteiger partial charge in [-0.3, -0.25) is 0 Å². The molecule has 0 aromatic heterocycles. The summed E-state index contributed by atoms with van der Waals surface area (Å²) < 4.78 is 37.8. The molecule has 1 aromatic carbocycles. The Morgan fingerprint density at radius 3 is 2.20 bits per heavy atom. The summed E-state index contributed by atoms with van der Waals surface area (Å²) in [6.07, 6.45) is 2.56.